The van der Waals surface area contributed by atoms with E-state index in [4.69, 9.17) is 4.74 Å². The summed E-state index contributed by atoms with van der Waals surface area (Å²) < 4.78 is 5.01. The van der Waals surface area contributed by atoms with Crippen LogP contribution in [-0.4, -0.2) is 55.3 Å². The molecule has 3 rings (SSSR count). The summed E-state index contributed by atoms with van der Waals surface area (Å²) in [4.78, 5) is 51.5. The lowest BCUT2D eigenvalue weighted by Gasteiger charge is -2.25. The molecule has 8 heteroatoms. The highest BCUT2D eigenvalue weighted by Crippen LogP contribution is 2.21. The van der Waals surface area contributed by atoms with E-state index < -0.39 is 18.5 Å². The van der Waals surface area contributed by atoms with Crippen molar-refractivity contribution in [3.63, 3.8) is 0 Å². The number of esters is 1. The number of carbonyl (C=O) groups is 4. The molecule has 2 aromatic carbocycles. The van der Waals surface area contributed by atoms with E-state index in [0.29, 0.717) is 18.5 Å². The van der Waals surface area contributed by atoms with Crippen LogP contribution < -0.4 is 10.2 Å². The van der Waals surface area contributed by atoms with Gasteiger partial charge in [-0.15, -0.1) is 0 Å². The van der Waals surface area contributed by atoms with Gasteiger partial charge in [0.2, 0.25) is 5.91 Å². The number of nitrogens with zero attached hydrogens (tertiary/aromatic N) is 2. The van der Waals surface area contributed by atoms with Crippen molar-refractivity contribution in [3.05, 3.63) is 65.7 Å². The molecule has 1 atom stereocenters. The molecule has 168 valence electrons. The van der Waals surface area contributed by atoms with Crippen LogP contribution in [0.5, 0.6) is 0 Å². The minimum atomic E-state index is -0.702. The first-order chi connectivity index (χ1) is 15.4. The van der Waals surface area contributed by atoms with Gasteiger partial charge >= 0.3 is 5.97 Å². The van der Waals surface area contributed by atoms with Crippen LogP contribution in [-0.2, 0) is 19.1 Å². The van der Waals surface area contributed by atoms with Crippen molar-refractivity contribution >= 4 is 29.4 Å². The molecule has 0 spiro atoms. The van der Waals surface area contributed by atoms with Gasteiger partial charge in [-0.2, -0.15) is 0 Å². The molecule has 1 heterocycles. The van der Waals surface area contributed by atoms with Crippen LogP contribution in [0.4, 0.5) is 5.69 Å². The minimum Gasteiger partial charge on any atom is -0.454 e. The lowest BCUT2D eigenvalue weighted by Crippen LogP contribution is -2.36. The predicted molar refractivity (Wildman–Crippen MR) is 119 cm³/mol. The van der Waals surface area contributed by atoms with Crippen molar-refractivity contribution in [2.24, 2.45) is 0 Å². The third-order valence-electron chi connectivity index (χ3n) is 5.52. The summed E-state index contributed by atoms with van der Waals surface area (Å²) >= 11 is 0. The molecule has 1 N–H and O–H groups in total. The summed E-state index contributed by atoms with van der Waals surface area (Å²) in [5, 5.41) is 2.48. The number of anilines is 1. The fourth-order valence-corrected chi connectivity index (χ4v) is 3.43. The Hall–Kier alpha value is -3.68. The summed E-state index contributed by atoms with van der Waals surface area (Å²) in [7, 11) is 1.65. The van der Waals surface area contributed by atoms with Crippen molar-refractivity contribution in [2.75, 3.05) is 31.6 Å². The van der Waals surface area contributed by atoms with Gasteiger partial charge in [-0.1, -0.05) is 30.3 Å². The zero-order valence-electron chi connectivity index (χ0n) is 18.2. The maximum absolute atomic E-state index is 12.3. The maximum atomic E-state index is 12.3. The number of benzene rings is 2. The standard InChI is InChI=1S/C24H27N3O5/c1-17(18-7-4-3-5-8-18)26(2)22(29)16-32-23(30)15-25-24(31)19-10-12-20(13-11-19)27-14-6-9-21(27)28/h3-5,7-8,10-13,17H,6,9,14-16H2,1-2H3,(H,25,31). The first kappa shape index (κ1) is 23.0. The molecule has 0 radical (unpaired) electrons. The minimum absolute atomic E-state index is 0.0725. The number of rotatable bonds is 8. The molecule has 2 aromatic rings. The first-order valence-electron chi connectivity index (χ1n) is 10.5. The molecule has 1 fully saturated rings. The Bertz CT molecular complexity index is 975. The van der Waals surface area contributed by atoms with Crippen LogP contribution in [0.25, 0.3) is 0 Å². The molecule has 1 unspecified atom stereocenters. The third-order valence-corrected chi connectivity index (χ3v) is 5.52. The van der Waals surface area contributed by atoms with Crippen molar-refractivity contribution in [1.29, 1.82) is 0 Å². The largest absolute Gasteiger partial charge is 0.454 e. The zero-order valence-corrected chi connectivity index (χ0v) is 18.2. The van der Waals surface area contributed by atoms with Crippen LogP contribution in [0.2, 0.25) is 0 Å². The number of nitrogens with one attached hydrogen (secondary N) is 1. The second-order valence-electron chi connectivity index (χ2n) is 7.63. The average molecular weight is 437 g/mol. The lowest BCUT2D eigenvalue weighted by atomic mass is 10.1. The fourth-order valence-electron chi connectivity index (χ4n) is 3.43. The number of ether oxygens (including phenoxy) is 1. The SMILES string of the molecule is CC(c1ccccc1)N(C)C(=O)COC(=O)CNC(=O)c1ccc(N2CCCC2=O)cc1. The monoisotopic (exact) mass is 437 g/mol. The number of hydrogen-bond donors (Lipinski definition) is 1. The smallest absolute Gasteiger partial charge is 0.325 e. The molecule has 0 aliphatic carbocycles. The van der Waals surface area contributed by atoms with Crippen molar-refractivity contribution in [2.45, 2.75) is 25.8 Å². The Balaban J connectivity index is 1.42. The molecule has 1 aliphatic rings. The van der Waals surface area contributed by atoms with Gasteiger partial charge in [0.15, 0.2) is 6.61 Å². The van der Waals surface area contributed by atoms with Crippen molar-refractivity contribution in [1.82, 2.24) is 10.2 Å². The van der Waals surface area contributed by atoms with E-state index in [1.54, 1.807) is 36.2 Å². The van der Waals surface area contributed by atoms with Crippen LogP contribution in [0.3, 0.4) is 0 Å². The van der Waals surface area contributed by atoms with E-state index in [1.807, 2.05) is 37.3 Å². The molecular formula is C24H27N3O5. The van der Waals surface area contributed by atoms with Gasteiger partial charge in [-0.25, -0.2) is 0 Å². The Kier molecular flexibility index (Phi) is 7.59. The van der Waals surface area contributed by atoms with Crippen LogP contribution in [0.1, 0.15) is 41.7 Å². The molecular weight excluding hydrogens is 410 g/mol. The van der Waals surface area contributed by atoms with Gasteiger partial charge in [0.05, 0.1) is 6.04 Å². The van der Waals surface area contributed by atoms with E-state index in [0.717, 1.165) is 17.7 Å². The molecule has 1 saturated heterocycles. The van der Waals surface area contributed by atoms with Crippen LogP contribution in [0.15, 0.2) is 54.6 Å². The van der Waals surface area contributed by atoms with Crippen molar-refractivity contribution in [3.8, 4) is 0 Å². The molecule has 32 heavy (non-hydrogen) atoms. The zero-order chi connectivity index (χ0) is 23.1. The molecule has 0 bridgehead atoms. The van der Waals surface area contributed by atoms with Gasteiger partial charge in [-0.05, 0) is 43.2 Å². The molecule has 0 aromatic heterocycles. The van der Waals surface area contributed by atoms with Gasteiger partial charge in [-0.3, -0.25) is 19.2 Å². The molecule has 3 amide bonds. The second kappa shape index (κ2) is 10.6. The normalized spacial score (nSPS) is 14.1. The van der Waals surface area contributed by atoms with E-state index >= 15 is 0 Å². The Morgan fingerprint density at radius 3 is 2.41 bits per heavy atom. The van der Waals surface area contributed by atoms with Crippen LogP contribution >= 0.6 is 0 Å². The van der Waals surface area contributed by atoms with E-state index in [-0.39, 0.29) is 24.4 Å². The van der Waals surface area contributed by atoms with E-state index in [1.165, 1.54) is 4.90 Å². The molecule has 8 nitrogen and oxygen atoms in total. The number of carbonyl (C=O) groups excluding carboxylic acids is 4. The Labute approximate surface area is 187 Å². The summed E-state index contributed by atoms with van der Waals surface area (Å²) in [5.74, 6) is -1.41. The summed E-state index contributed by atoms with van der Waals surface area (Å²) in [5.41, 5.74) is 2.08. The summed E-state index contributed by atoms with van der Waals surface area (Å²) in [6.45, 7) is 1.81. The maximum Gasteiger partial charge on any atom is 0.325 e. The van der Waals surface area contributed by atoms with Gasteiger partial charge in [0, 0.05) is 31.3 Å². The van der Waals surface area contributed by atoms with E-state index in [9.17, 15) is 19.2 Å². The van der Waals surface area contributed by atoms with E-state index in [2.05, 4.69) is 5.32 Å². The van der Waals surface area contributed by atoms with Crippen LogP contribution in [0, 0.1) is 0 Å². The summed E-state index contributed by atoms with van der Waals surface area (Å²) in [6.07, 6.45) is 1.36. The fraction of sp³-hybridized carbons (Fsp3) is 0.333. The molecule has 1 aliphatic heterocycles. The highest BCUT2D eigenvalue weighted by Gasteiger charge is 2.22. The quantitative estimate of drug-likeness (QED) is 0.640. The Morgan fingerprint density at radius 2 is 1.78 bits per heavy atom. The lowest BCUT2D eigenvalue weighted by molar-refractivity contribution is -0.151. The highest BCUT2D eigenvalue weighted by atomic mass is 16.5. The predicted octanol–water partition coefficient (Wildman–Crippen LogP) is 2.31. The number of hydrogen-bond acceptors (Lipinski definition) is 5. The molecule has 0 saturated carbocycles. The Morgan fingerprint density at radius 1 is 1.09 bits per heavy atom. The van der Waals surface area contributed by atoms with Gasteiger partial charge in [0.25, 0.3) is 11.8 Å². The first-order valence-corrected chi connectivity index (χ1v) is 10.5. The second-order valence-corrected chi connectivity index (χ2v) is 7.63. The van der Waals surface area contributed by atoms with Crippen molar-refractivity contribution < 1.29 is 23.9 Å². The number of amides is 3. The number of likely N-dealkylation sites (N-methyl/N-ethyl adjacent to an activating group) is 1. The topological polar surface area (TPSA) is 96.0 Å². The highest BCUT2D eigenvalue weighted by molar-refractivity contribution is 5.98. The van der Waals surface area contributed by atoms with Gasteiger partial charge < -0.3 is 19.9 Å². The third kappa shape index (κ3) is 5.72. The summed E-state index contributed by atoms with van der Waals surface area (Å²) in [6, 6.07) is 16.0. The average Bonchev–Trinajstić information content (AvgIpc) is 3.26. The van der Waals surface area contributed by atoms with Gasteiger partial charge in [0.1, 0.15) is 6.54 Å².